The van der Waals surface area contributed by atoms with Crippen LogP contribution in [0.1, 0.15) is 11.3 Å². The van der Waals surface area contributed by atoms with Crippen molar-refractivity contribution in [3.63, 3.8) is 0 Å². The number of hydrogen-bond acceptors (Lipinski definition) is 5. The van der Waals surface area contributed by atoms with Crippen LogP contribution in [0.5, 0.6) is 5.75 Å². The first-order chi connectivity index (χ1) is 16.0. The quantitative estimate of drug-likeness (QED) is 0.466. The molecule has 2 heterocycles. The molecule has 33 heavy (non-hydrogen) atoms. The number of nitrogens with zero attached hydrogens (tertiary/aromatic N) is 2. The Morgan fingerprint density at radius 2 is 1.91 bits per heavy atom. The van der Waals surface area contributed by atoms with E-state index < -0.39 is 18.0 Å². The lowest BCUT2D eigenvalue weighted by molar-refractivity contribution is -0.124. The Hall–Kier alpha value is -3.36. The number of rotatable bonds is 8. The van der Waals surface area contributed by atoms with Gasteiger partial charge in [0.2, 0.25) is 5.91 Å². The van der Waals surface area contributed by atoms with Gasteiger partial charge in [-0.25, -0.2) is 9.69 Å². The van der Waals surface area contributed by atoms with E-state index in [9.17, 15) is 14.4 Å². The molecule has 3 aromatic rings. The summed E-state index contributed by atoms with van der Waals surface area (Å²) in [6.07, 6.45) is 0.439. The normalized spacial score (nSPS) is 15.8. The number of carbonyl (C=O) groups is 3. The summed E-state index contributed by atoms with van der Waals surface area (Å²) in [4.78, 5) is 43.0. The molecule has 1 N–H and O–H groups in total. The van der Waals surface area contributed by atoms with Gasteiger partial charge < -0.3 is 15.0 Å². The van der Waals surface area contributed by atoms with Crippen LogP contribution in [-0.4, -0.2) is 42.4 Å². The van der Waals surface area contributed by atoms with E-state index in [1.165, 1.54) is 4.90 Å². The first-order valence-corrected chi connectivity index (χ1v) is 11.6. The van der Waals surface area contributed by atoms with Gasteiger partial charge in [0.25, 0.3) is 5.91 Å². The molecule has 1 aliphatic rings. The van der Waals surface area contributed by atoms with Crippen LogP contribution >= 0.6 is 22.9 Å². The summed E-state index contributed by atoms with van der Waals surface area (Å²) in [6, 6.07) is 16.0. The number of methoxy groups -OCH3 is 1. The van der Waals surface area contributed by atoms with E-state index in [0.717, 1.165) is 9.78 Å². The number of imide groups is 1. The monoisotopic (exact) mass is 483 g/mol. The van der Waals surface area contributed by atoms with Crippen molar-refractivity contribution in [2.75, 3.05) is 23.9 Å². The summed E-state index contributed by atoms with van der Waals surface area (Å²) in [5.41, 5.74) is 0.964. The minimum atomic E-state index is -0.908. The molecule has 7 nitrogen and oxygen atoms in total. The average molecular weight is 484 g/mol. The van der Waals surface area contributed by atoms with Gasteiger partial charge in [-0.05, 0) is 60.3 Å². The van der Waals surface area contributed by atoms with E-state index in [2.05, 4.69) is 5.32 Å². The van der Waals surface area contributed by atoms with E-state index in [1.807, 2.05) is 17.5 Å². The lowest BCUT2D eigenvalue weighted by Gasteiger charge is -2.21. The number of hydrogen-bond donors (Lipinski definition) is 1. The van der Waals surface area contributed by atoms with Crippen LogP contribution in [0.15, 0.2) is 66.0 Å². The SMILES string of the molecule is COc1ccc(NC(=O)C[C@@H]2C(=O)N(c3cccc(Cl)c3)C(=O)N2CCc2cccs2)cc1. The number of nitrogens with one attached hydrogen (secondary N) is 1. The van der Waals surface area contributed by atoms with Gasteiger partial charge in [-0.15, -0.1) is 11.3 Å². The minimum absolute atomic E-state index is 0.155. The maximum Gasteiger partial charge on any atom is 0.332 e. The Morgan fingerprint density at radius 3 is 2.58 bits per heavy atom. The minimum Gasteiger partial charge on any atom is -0.497 e. The molecule has 1 saturated heterocycles. The third kappa shape index (κ3) is 5.18. The first kappa shape index (κ1) is 22.8. The van der Waals surface area contributed by atoms with Crippen molar-refractivity contribution >= 4 is 52.2 Å². The average Bonchev–Trinajstić information content (AvgIpc) is 3.40. The van der Waals surface area contributed by atoms with E-state index in [1.54, 1.807) is 67.0 Å². The summed E-state index contributed by atoms with van der Waals surface area (Å²) < 4.78 is 5.13. The van der Waals surface area contributed by atoms with E-state index in [-0.39, 0.29) is 12.3 Å². The molecule has 4 amide bonds. The summed E-state index contributed by atoms with van der Waals surface area (Å²) >= 11 is 7.67. The second-order valence-corrected chi connectivity index (χ2v) is 8.92. The molecule has 0 aliphatic carbocycles. The molecule has 1 atom stereocenters. The van der Waals surface area contributed by atoms with Crippen molar-refractivity contribution in [1.29, 1.82) is 0 Å². The fourth-order valence-electron chi connectivity index (χ4n) is 3.69. The molecular weight excluding hydrogens is 462 g/mol. The molecular formula is C24H22ClN3O4S. The van der Waals surface area contributed by atoms with Crippen LogP contribution in [0.3, 0.4) is 0 Å². The van der Waals surface area contributed by atoms with Gasteiger partial charge in [0.05, 0.1) is 19.2 Å². The van der Waals surface area contributed by atoms with Gasteiger partial charge in [0.1, 0.15) is 11.8 Å². The third-order valence-corrected chi connectivity index (χ3v) is 6.49. The molecule has 0 unspecified atom stereocenters. The highest BCUT2D eigenvalue weighted by Gasteiger charge is 2.46. The zero-order valence-electron chi connectivity index (χ0n) is 17.9. The molecule has 0 bridgehead atoms. The first-order valence-electron chi connectivity index (χ1n) is 10.3. The fraction of sp³-hybridized carbons (Fsp3) is 0.208. The van der Waals surface area contributed by atoms with Crippen molar-refractivity contribution in [2.24, 2.45) is 0 Å². The molecule has 9 heteroatoms. The predicted molar refractivity (Wildman–Crippen MR) is 129 cm³/mol. The summed E-state index contributed by atoms with van der Waals surface area (Å²) in [7, 11) is 1.56. The maximum absolute atomic E-state index is 13.3. The highest BCUT2D eigenvalue weighted by Crippen LogP contribution is 2.29. The van der Waals surface area contributed by atoms with Crippen molar-refractivity contribution in [1.82, 2.24) is 4.90 Å². The zero-order valence-corrected chi connectivity index (χ0v) is 19.4. The number of carbonyl (C=O) groups excluding carboxylic acids is 3. The van der Waals surface area contributed by atoms with Gasteiger partial charge in [-0.2, -0.15) is 0 Å². The van der Waals surface area contributed by atoms with Crippen molar-refractivity contribution in [3.05, 3.63) is 75.9 Å². The summed E-state index contributed by atoms with van der Waals surface area (Å²) in [6.45, 7) is 0.322. The van der Waals surface area contributed by atoms with Gasteiger partial charge in [0, 0.05) is 22.1 Å². The Kier molecular flexibility index (Phi) is 6.96. The number of amides is 4. The second-order valence-electron chi connectivity index (χ2n) is 7.46. The van der Waals surface area contributed by atoms with Gasteiger partial charge in [-0.3, -0.25) is 9.59 Å². The molecule has 4 rings (SSSR count). The number of benzene rings is 2. The summed E-state index contributed by atoms with van der Waals surface area (Å²) in [5.74, 6) is -0.139. The van der Waals surface area contributed by atoms with Crippen LogP contribution in [0.2, 0.25) is 5.02 Å². The lowest BCUT2D eigenvalue weighted by Crippen LogP contribution is -2.39. The smallest absolute Gasteiger partial charge is 0.332 e. The van der Waals surface area contributed by atoms with E-state index >= 15 is 0 Å². The number of halogens is 1. The van der Waals surface area contributed by atoms with Crippen LogP contribution in [0.4, 0.5) is 16.2 Å². The Morgan fingerprint density at radius 1 is 1.12 bits per heavy atom. The topological polar surface area (TPSA) is 79.0 Å². The van der Waals surface area contributed by atoms with Crippen LogP contribution in [0, 0.1) is 0 Å². The largest absolute Gasteiger partial charge is 0.497 e. The van der Waals surface area contributed by atoms with Gasteiger partial charge in [0.15, 0.2) is 0 Å². The van der Waals surface area contributed by atoms with Crippen molar-refractivity contribution in [3.8, 4) is 5.75 Å². The Labute approximate surface area is 200 Å². The van der Waals surface area contributed by atoms with Gasteiger partial charge in [-0.1, -0.05) is 23.7 Å². The van der Waals surface area contributed by atoms with E-state index in [4.69, 9.17) is 16.3 Å². The van der Waals surface area contributed by atoms with E-state index in [0.29, 0.717) is 35.1 Å². The molecule has 1 fully saturated rings. The Bertz CT molecular complexity index is 1150. The fourth-order valence-corrected chi connectivity index (χ4v) is 4.57. The van der Waals surface area contributed by atoms with Crippen molar-refractivity contribution in [2.45, 2.75) is 18.9 Å². The Balaban J connectivity index is 1.54. The molecule has 0 spiro atoms. The lowest BCUT2D eigenvalue weighted by atomic mass is 10.1. The number of thiophene rings is 1. The van der Waals surface area contributed by atoms with Crippen molar-refractivity contribution < 1.29 is 19.1 Å². The number of anilines is 2. The van der Waals surface area contributed by atoms with Crippen LogP contribution < -0.4 is 15.0 Å². The predicted octanol–water partition coefficient (Wildman–Crippen LogP) is 4.82. The number of ether oxygens (including phenoxy) is 1. The third-order valence-electron chi connectivity index (χ3n) is 5.32. The number of urea groups is 1. The molecule has 1 aliphatic heterocycles. The molecule has 170 valence electrons. The highest BCUT2D eigenvalue weighted by molar-refractivity contribution is 7.09. The standard InChI is InChI=1S/C24H22ClN3O4S/c1-32-19-9-7-17(8-10-19)26-22(29)15-21-23(30)28(18-5-2-4-16(25)14-18)24(31)27(21)12-11-20-6-3-13-33-20/h2-10,13-14,21H,11-12,15H2,1H3,(H,26,29)/t21-/m1/s1. The second kappa shape index (κ2) is 10.1. The van der Waals surface area contributed by atoms with Crippen LogP contribution in [-0.2, 0) is 16.0 Å². The highest BCUT2D eigenvalue weighted by atomic mass is 35.5. The summed E-state index contributed by atoms with van der Waals surface area (Å²) in [5, 5.41) is 5.17. The maximum atomic E-state index is 13.3. The van der Waals surface area contributed by atoms with Gasteiger partial charge >= 0.3 is 6.03 Å². The molecule has 0 saturated carbocycles. The molecule has 2 aromatic carbocycles. The van der Waals surface area contributed by atoms with Crippen LogP contribution in [0.25, 0.3) is 0 Å². The molecule has 0 radical (unpaired) electrons. The molecule has 1 aromatic heterocycles. The zero-order chi connectivity index (χ0) is 23.4.